The molecule has 0 spiro atoms. The molecular weight excluding hydrogens is 328 g/mol. The van der Waals surface area contributed by atoms with E-state index in [0.717, 1.165) is 48.8 Å². The second-order valence-electron chi connectivity index (χ2n) is 6.02. The average Bonchev–Trinajstić information content (AvgIpc) is 3.07. The lowest BCUT2D eigenvalue weighted by molar-refractivity contribution is -0.147. The fourth-order valence-corrected chi connectivity index (χ4v) is 3.62. The SMILES string of the molecule is CCc1ncc(CN(CC(=O)OC)C(=O)CC[C@@H]2CCCOC2)s1. The third kappa shape index (κ3) is 5.87. The van der Waals surface area contributed by atoms with Crippen LogP contribution in [0.5, 0.6) is 0 Å². The van der Waals surface area contributed by atoms with E-state index in [4.69, 9.17) is 9.47 Å². The van der Waals surface area contributed by atoms with Gasteiger partial charge in [-0.1, -0.05) is 6.92 Å². The molecule has 134 valence electrons. The van der Waals surface area contributed by atoms with Gasteiger partial charge in [-0.15, -0.1) is 11.3 Å². The molecule has 7 heteroatoms. The second-order valence-corrected chi connectivity index (χ2v) is 7.22. The highest BCUT2D eigenvalue weighted by Gasteiger charge is 2.21. The molecule has 1 atom stereocenters. The second kappa shape index (κ2) is 9.74. The summed E-state index contributed by atoms with van der Waals surface area (Å²) in [4.78, 5) is 31.1. The maximum atomic E-state index is 12.6. The molecule has 2 heterocycles. The highest BCUT2D eigenvalue weighted by molar-refractivity contribution is 7.11. The molecule has 1 fully saturated rings. The van der Waals surface area contributed by atoms with Gasteiger partial charge in [-0.3, -0.25) is 9.59 Å². The summed E-state index contributed by atoms with van der Waals surface area (Å²) in [7, 11) is 1.34. The lowest BCUT2D eigenvalue weighted by Gasteiger charge is -2.24. The Kier molecular flexibility index (Phi) is 7.65. The molecule has 0 unspecified atom stereocenters. The van der Waals surface area contributed by atoms with Crippen molar-refractivity contribution in [3.8, 4) is 0 Å². The van der Waals surface area contributed by atoms with E-state index in [0.29, 0.717) is 18.9 Å². The van der Waals surface area contributed by atoms with E-state index in [-0.39, 0.29) is 12.5 Å². The quantitative estimate of drug-likeness (QED) is 0.671. The van der Waals surface area contributed by atoms with Gasteiger partial charge in [0.25, 0.3) is 0 Å². The molecule has 1 aromatic heterocycles. The Hall–Kier alpha value is -1.47. The average molecular weight is 354 g/mol. The van der Waals surface area contributed by atoms with Gasteiger partial charge in [-0.2, -0.15) is 0 Å². The highest BCUT2D eigenvalue weighted by atomic mass is 32.1. The normalized spacial score (nSPS) is 17.5. The van der Waals surface area contributed by atoms with Crippen LogP contribution in [0.3, 0.4) is 0 Å². The molecular formula is C17H26N2O4S. The Morgan fingerprint density at radius 2 is 2.33 bits per heavy atom. The third-order valence-electron chi connectivity index (χ3n) is 4.17. The topological polar surface area (TPSA) is 68.7 Å². The Bertz CT molecular complexity index is 540. The van der Waals surface area contributed by atoms with Crippen LogP contribution in [0.4, 0.5) is 0 Å². The number of amides is 1. The van der Waals surface area contributed by atoms with Gasteiger partial charge in [0.15, 0.2) is 0 Å². The Morgan fingerprint density at radius 3 is 2.96 bits per heavy atom. The van der Waals surface area contributed by atoms with Crippen LogP contribution in [0.1, 0.15) is 42.5 Å². The standard InChI is InChI=1S/C17H26N2O4S/c1-3-15-18-9-14(24-15)10-19(11-17(21)22-2)16(20)7-6-13-5-4-8-23-12-13/h9,13H,3-8,10-12H2,1-2H3/t13-/m0/s1. The van der Waals surface area contributed by atoms with Crippen LogP contribution >= 0.6 is 11.3 Å². The molecule has 0 aliphatic carbocycles. The van der Waals surface area contributed by atoms with E-state index < -0.39 is 5.97 Å². The third-order valence-corrected chi connectivity index (χ3v) is 5.30. The Morgan fingerprint density at radius 1 is 1.50 bits per heavy atom. The highest BCUT2D eigenvalue weighted by Crippen LogP contribution is 2.21. The van der Waals surface area contributed by atoms with Crippen molar-refractivity contribution in [2.75, 3.05) is 26.9 Å². The first-order valence-electron chi connectivity index (χ1n) is 8.48. The number of aryl methyl sites for hydroxylation is 1. The number of esters is 1. The van der Waals surface area contributed by atoms with Crippen LogP contribution in [-0.2, 0) is 32.0 Å². The fourth-order valence-electron chi connectivity index (χ4n) is 2.75. The summed E-state index contributed by atoms with van der Waals surface area (Å²) in [5, 5.41) is 1.04. The molecule has 1 aliphatic heterocycles. The Balaban J connectivity index is 1.92. The predicted molar refractivity (Wildman–Crippen MR) is 91.7 cm³/mol. The molecule has 0 aromatic carbocycles. The van der Waals surface area contributed by atoms with Crippen LogP contribution < -0.4 is 0 Å². The first kappa shape index (κ1) is 18.9. The van der Waals surface area contributed by atoms with Crippen molar-refractivity contribution in [1.29, 1.82) is 0 Å². The largest absolute Gasteiger partial charge is 0.468 e. The molecule has 0 radical (unpaired) electrons. The molecule has 0 saturated carbocycles. The van der Waals surface area contributed by atoms with Crippen LogP contribution in [-0.4, -0.2) is 48.6 Å². The van der Waals surface area contributed by atoms with Crippen molar-refractivity contribution in [3.63, 3.8) is 0 Å². The van der Waals surface area contributed by atoms with Crippen LogP contribution in [0, 0.1) is 5.92 Å². The van der Waals surface area contributed by atoms with Crippen LogP contribution in [0.25, 0.3) is 0 Å². The van der Waals surface area contributed by atoms with Gasteiger partial charge in [0.2, 0.25) is 5.91 Å². The summed E-state index contributed by atoms with van der Waals surface area (Å²) in [6.07, 6.45) is 6.07. The van der Waals surface area contributed by atoms with Crippen molar-refractivity contribution < 1.29 is 19.1 Å². The number of carbonyl (C=O) groups is 2. The fraction of sp³-hybridized carbons (Fsp3) is 0.706. The van der Waals surface area contributed by atoms with Crippen molar-refractivity contribution in [1.82, 2.24) is 9.88 Å². The summed E-state index contributed by atoms with van der Waals surface area (Å²) in [6.45, 7) is 4.00. The van der Waals surface area contributed by atoms with Gasteiger partial charge in [-0.25, -0.2) is 4.98 Å². The number of aromatic nitrogens is 1. The summed E-state index contributed by atoms with van der Waals surface area (Å²) < 4.78 is 10.2. The molecule has 1 aromatic rings. The van der Waals surface area contributed by atoms with Gasteiger partial charge in [0.1, 0.15) is 6.54 Å². The van der Waals surface area contributed by atoms with Gasteiger partial charge in [-0.05, 0) is 31.6 Å². The molecule has 2 rings (SSSR count). The lowest BCUT2D eigenvalue weighted by Crippen LogP contribution is -2.36. The molecule has 1 saturated heterocycles. The van der Waals surface area contributed by atoms with E-state index in [1.165, 1.54) is 7.11 Å². The number of methoxy groups -OCH3 is 1. The van der Waals surface area contributed by atoms with E-state index in [2.05, 4.69) is 4.98 Å². The first-order chi connectivity index (χ1) is 11.6. The van der Waals surface area contributed by atoms with E-state index in [1.54, 1.807) is 22.4 Å². The van der Waals surface area contributed by atoms with E-state index in [1.807, 2.05) is 6.92 Å². The van der Waals surface area contributed by atoms with E-state index >= 15 is 0 Å². The first-order valence-corrected chi connectivity index (χ1v) is 9.30. The molecule has 0 N–H and O–H groups in total. The zero-order valence-electron chi connectivity index (χ0n) is 14.5. The van der Waals surface area contributed by atoms with E-state index in [9.17, 15) is 9.59 Å². The number of carbonyl (C=O) groups excluding carboxylic acids is 2. The zero-order valence-corrected chi connectivity index (χ0v) is 15.3. The number of ether oxygens (including phenoxy) is 2. The minimum Gasteiger partial charge on any atom is -0.468 e. The lowest BCUT2D eigenvalue weighted by atomic mass is 9.96. The summed E-state index contributed by atoms with van der Waals surface area (Å²) in [5.41, 5.74) is 0. The smallest absolute Gasteiger partial charge is 0.325 e. The number of hydrogen-bond acceptors (Lipinski definition) is 6. The Labute approximate surface area is 147 Å². The number of nitrogens with zero attached hydrogens (tertiary/aromatic N) is 2. The van der Waals surface area contributed by atoms with Crippen molar-refractivity contribution in [3.05, 3.63) is 16.1 Å². The van der Waals surface area contributed by atoms with Crippen molar-refractivity contribution >= 4 is 23.2 Å². The predicted octanol–water partition coefficient (Wildman–Crippen LogP) is 2.41. The molecule has 1 aliphatic rings. The number of hydrogen-bond donors (Lipinski definition) is 0. The number of rotatable bonds is 8. The molecule has 0 bridgehead atoms. The van der Waals surface area contributed by atoms with Crippen molar-refractivity contribution in [2.24, 2.45) is 5.92 Å². The van der Waals surface area contributed by atoms with Crippen LogP contribution in [0.2, 0.25) is 0 Å². The zero-order chi connectivity index (χ0) is 17.4. The molecule has 6 nitrogen and oxygen atoms in total. The molecule has 1 amide bonds. The van der Waals surface area contributed by atoms with Gasteiger partial charge >= 0.3 is 5.97 Å². The summed E-state index contributed by atoms with van der Waals surface area (Å²) in [6, 6.07) is 0. The van der Waals surface area contributed by atoms with Gasteiger partial charge in [0.05, 0.1) is 18.7 Å². The van der Waals surface area contributed by atoms with Crippen LogP contribution in [0.15, 0.2) is 6.20 Å². The number of thiazole rings is 1. The summed E-state index contributed by atoms with van der Waals surface area (Å²) >= 11 is 1.58. The maximum absolute atomic E-state index is 12.6. The minimum absolute atomic E-state index is 0.0163. The maximum Gasteiger partial charge on any atom is 0.325 e. The van der Waals surface area contributed by atoms with Gasteiger partial charge in [0, 0.05) is 30.7 Å². The summed E-state index contributed by atoms with van der Waals surface area (Å²) in [5.74, 6) is 0.0276. The minimum atomic E-state index is -0.399. The molecule has 24 heavy (non-hydrogen) atoms. The van der Waals surface area contributed by atoms with Gasteiger partial charge < -0.3 is 14.4 Å². The van der Waals surface area contributed by atoms with Crippen molar-refractivity contribution in [2.45, 2.75) is 45.6 Å². The monoisotopic (exact) mass is 354 g/mol.